The summed E-state index contributed by atoms with van der Waals surface area (Å²) in [6, 6.07) is 22.1. The van der Waals surface area contributed by atoms with Gasteiger partial charge in [-0.2, -0.15) is 13.2 Å². The van der Waals surface area contributed by atoms with Gasteiger partial charge in [-0.15, -0.1) is 0 Å². The second-order valence-electron chi connectivity index (χ2n) is 8.26. The molecule has 0 aliphatic carbocycles. The lowest BCUT2D eigenvalue weighted by molar-refractivity contribution is -0.137. The number of amides is 1. The fourth-order valence-corrected chi connectivity index (χ4v) is 4.10. The molecule has 0 fully saturated rings. The van der Waals surface area contributed by atoms with E-state index in [1.54, 1.807) is 5.48 Å². The third-order valence-corrected chi connectivity index (χ3v) is 5.95. The standard InChI is InChI=1S/C27H18F3N3O3/c28-27(29,30)21-10-5-16(6-11-21)15-33-24(19-8-7-17-3-1-2-4-18(17)13-19)31-23-14-20(25(34)32-36)9-12-22(23)26(33)35/h1-14,36H,15H2,(H,32,34). The van der Waals surface area contributed by atoms with Gasteiger partial charge >= 0.3 is 6.18 Å². The number of fused-ring (bicyclic) bond motifs is 2. The van der Waals surface area contributed by atoms with Crippen LogP contribution in [-0.4, -0.2) is 20.7 Å². The molecule has 0 aliphatic heterocycles. The molecule has 1 heterocycles. The molecule has 0 bridgehead atoms. The molecule has 1 amide bonds. The summed E-state index contributed by atoms with van der Waals surface area (Å²) in [6.45, 7) is -0.0129. The highest BCUT2D eigenvalue weighted by Gasteiger charge is 2.30. The van der Waals surface area contributed by atoms with E-state index in [2.05, 4.69) is 4.98 Å². The fourth-order valence-electron chi connectivity index (χ4n) is 4.10. The van der Waals surface area contributed by atoms with Crippen molar-refractivity contribution in [2.24, 2.45) is 0 Å². The Kier molecular flexibility index (Phi) is 5.77. The summed E-state index contributed by atoms with van der Waals surface area (Å²) in [5, 5.41) is 11.1. The number of carbonyl (C=O) groups is 1. The second kappa shape index (κ2) is 8.94. The average Bonchev–Trinajstić information content (AvgIpc) is 2.89. The number of alkyl halides is 3. The van der Waals surface area contributed by atoms with Crippen LogP contribution >= 0.6 is 0 Å². The largest absolute Gasteiger partial charge is 0.416 e. The van der Waals surface area contributed by atoms with Crippen molar-refractivity contribution in [3.05, 3.63) is 112 Å². The molecule has 4 aromatic carbocycles. The minimum absolute atomic E-state index is 0.0129. The first-order chi connectivity index (χ1) is 17.2. The van der Waals surface area contributed by atoms with Gasteiger partial charge in [0.2, 0.25) is 0 Å². The molecule has 0 radical (unpaired) electrons. The summed E-state index contributed by atoms with van der Waals surface area (Å²) in [5.41, 5.74) is 1.83. The normalized spacial score (nSPS) is 11.7. The molecule has 0 atom stereocenters. The number of hydrogen-bond donors (Lipinski definition) is 2. The average molecular weight is 489 g/mol. The maximum Gasteiger partial charge on any atom is 0.416 e. The number of hydroxylamine groups is 1. The summed E-state index contributed by atoms with van der Waals surface area (Å²) in [4.78, 5) is 30.1. The van der Waals surface area contributed by atoms with E-state index in [4.69, 9.17) is 5.21 Å². The summed E-state index contributed by atoms with van der Waals surface area (Å²) < 4.78 is 40.4. The van der Waals surface area contributed by atoms with Gasteiger partial charge in [0, 0.05) is 11.1 Å². The van der Waals surface area contributed by atoms with Gasteiger partial charge in [-0.1, -0.05) is 48.5 Å². The second-order valence-corrected chi connectivity index (χ2v) is 8.26. The van der Waals surface area contributed by atoms with Gasteiger partial charge in [-0.3, -0.25) is 19.4 Å². The zero-order valence-electron chi connectivity index (χ0n) is 18.6. The highest BCUT2D eigenvalue weighted by Crippen LogP contribution is 2.30. The predicted molar refractivity (Wildman–Crippen MR) is 129 cm³/mol. The van der Waals surface area contributed by atoms with Crippen molar-refractivity contribution in [2.75, 3.05) is 0 Å². The van der Waals surface area contributed by atoms with Gasteiger partial charge in [0.25, 0.3) is 11.5 Å². The minimum Gasteiger partial charge on any atom is -0.288 e. The highest BCUT2D eigenvalue weighted by molar-refractivity contribution is 5.97. The maximum absolute atomic E-state index is 13.6. The molecule has 0 saturated heterocycles. The monoisotopic (exact) mass is 489 g/mol. The lowest BCUT2D eigenvalue weighted by Crippen LogP contribution is -2.25. The van der Waals surface area contributed by atoms with Crippen molar-refractivity contribution in [2.45, 2.75) is 12.7 Å². The van der Waals surface area contributed by atoms with E-state index in [9.17, 15) is 22.8 Å². The Bertz CT molecular complexity index is 1680. The van der Waals surface area contributed by atoms with Crippen LogP contribution in [0.5, 0.6) is 0 Å². The molecule has 1 aromatic heterocycles. The first-order valence-electron chi connectivity index (χ1n) is 10.9. The molecule has 36 heavy (non-hydrogen) atoms. The first kappa shape index (κ1) is 23.3. The van der Waals surface area contributed by atoms with E-state index >= 15 is 0 Å². The SMILES string of the molecule is O=C(NO)c1ccc2c(=O)n(Cc3ccc(C(F)(F)F)cc3)c(-c3ccc4ccccc4c3)nc2c1. The number of nitrogens with one attached hydrogen (secondary N) is 1. The molecule has 9 heteroatoms. The van der Waals surface area contributed by atoms with Crippen molar-refractivity contribution in [1.29, 1.82) is 0 Å². The molecule has 0 saturated carbocycles. The van der Waals surface area contributed by atoms with Crippen molar-refractivity contribution < 1.29 is 23.2 Å². The van der Waals surface area contributed by atoms with E-state index in [0.29, 0.717) is 17.0 Å². The molecule has 5 rings (SSSR count). The zero-order valence-corrected chi connectivity index (χ0v) is 18.6. The van der Waals surface area contributed by atoms with Crippen LogP contribution in [0.1, 0.15) is 21.5 Å². The smallest absolute Gasteiger partial charge is 0.288 e. The van der Waals surface area contributed by atoms with Gasteiger partial charge in [0.1, 0.15) is 5.82 Å². The molecular formula is C27H18F3N3O3. The van der Waals surface area contributed by atoms with Gasteiger partial charge in [-0.05, 0) is 52.7 Å². The Balaban J connectivity index is 1.70. The fraction of sp³-hybridized carbons (Fsp3) is 0.0741. The minimum atomic E-state index is -4.46. The number of rotatable bonds is 4. The predicted octanol–water partition coefficient (Wildman–Crippen LogP) is 5.40. The van der Waals surface area contributed by atoms with Crippen LogP contribution in [0, 0.1) is 0 Å². The lowest BCUT2D eigenvalue weighted by Gasteiger charge is -2.15. The Morgan fingerprint density at radius 1 is 0.917 bits per heavy atom. The third-order valence-electron chi connectivity index (χ3n) is 5.95. The number of hydrogen-bond acceptors (Lipinski definition) is 4. The van der Waals surface area contributed by atoms with Gasteiger partial charge < -0.3 is 0 Å². The quantitative estimate of drug-likeness (QED) is 0.262. The zero-order chi connectivity index (χ0) is 25.4. The van der Waals surface area contributed by atoms with Gasteiger partial charge in [0.15, 0.2) is 0 Å². The number of halogens is 3. The van der Waals surface area contributed by atoms with Crippen molar-refractivity contribution >= 4 is 27.6 Å². The molecular weight excluding hydrogens is 471 g/mol. The topological polar surface area (TPSA) is 84.2 Å². The lowest BCUT2D eigenvalue weighted by atomic mass is 10.1. The summed E-state index contributed by atoms with van der Waals surface area (Å²) >= 11 is 0. The van der Waals surface area contributed by atoms with E-state index in [1.165, 1.54) is 34.9 Å². The Labute approximate surface area is 202 Å². The molecule has 180 valence electrons. The van der Waals surface area contributed by atoms with E-state index in [0.717, 1.165) is 22.9 Å². The molecule has 2 N–H and O–H groups in total. The number of carbonyl (C=O) groups excluding carboxylic acids is 1. The first-order valence-corrected chi connectivity index (χ1v) is 10.9. The van der Waals surface area contributed by atoms with Crippen LogP contribution in [0.25, 0.3) is 33.1 Å². The van der Waals surface area contributed by atoms with E-state index < -0.39 is 23.2 Å². The summed E-state index contributed by atoms with van der Waals surface area (Å²) in [5.74, 6) is -0.459. The van der Waals surface area contributed by atoms with Crippen molar-refractivity contribution in [3.63, 3.8) is 0 Å². The summed E-state index contributed by atoms with van der Waals surface area (Å²) in [7, 11) is 0. The van der Waals surface area contributed by atoms with Crippen LogP contribution in [0.4, 0.5) is 13.2 Å². The molecule has 0 aliphatic rings. The summed E-state index contributed by atoms with van der Waals surface area (Å²) in [6.07, 6.45) is -4.46. The molecule has 0 spiro atoms. The number of nitrogens with zero attached hydrogens (tertiary/aromatic N) is 2. The number of benzene rings is 4. The van der Waals surface area contributed by atoms with Crippen LogP contribution in [-0.2, 0) is 12.7 Å². The maximum atomic E-state index is 13.6. The molecule has 6 nitrogen and oxygen atoms in total. The van der Waals surface area contributed by atoms with Crippen LogP contribution in [0.3, 0.4) is 0 Å². The van der Waals surface area contributed by atoms with Crippen molar-refractivity contribution in [1.82, 2.24) is 15.0 Å². The highest BCUT2D eigenvalue weighted by atomic mass is 19.4. The number of aromatic nitrogens is 2. The third kappa shape index (κ3) is 4.32. The Morgan fingerprint density at radius 3 is 2.33 bits per heavy atom. The van der Waals surface area contributed by atoms with E-state index in [-0.39, 0.29) is 23.0 Å². The van der Waals surface area contributed by atoms with Crippen LogP contribution in [0.15, 0.2) is 89.7 Å². The van der Waals surface area contributed by atoms with Crippen molar-refractivity contribution in [3.8, 4) is 11.4 Å². The van der Waals surface area contributed by atoms with E-state index in [1.807, 2.05) is 42.5 Å². The van der Waals surface area contributed by atoms with Gasteiger partial charge in [-0.25, -0.2) is 10.5 Å². The van der Waals surface area contributed by atoms with Crippen LogP contribution in [0.2, 0.25) is 0 Å². The van der Waals surface area contributed by atoms with Crippen LogP contribution < -0.4 is 11.0 Å². The molecule has 5 aromatic rings. The molecule has 0 unspecified atom stereocenters. The Hall–Kier alpha value is -4.50. The van der Waals surface area contributed by atoms with Gasteiger partial charge in [0.05, 0.1) is 23.0 Å². The Morgan fingerprint density at radius 2 is 1.64 bits per heavy atom.